The van der Waals surface area contributed by atoms with Crippen molar-refractivity contribution in [1.82, 2.24) is 10.3 Å². The van der Waals surface area contributed by atoms with Crippen LogP contribution in [0.4, 0.5) is 0 Å². The van der Waals surface area contributed by atoms with Gasteiger partial charge in [0.25, 0.3) is 0 Å². The van der Waals surface area contributed by atoms with Gasteiger partial charge in [0.15, 0.2) is 0 Å². The van der Waals surface area contributed by atoms with E-state index in [9.17, 15) is 0 Å². The van der Waals surface area contributed by atoms with Gasteiger partial charge in [-0.2, -0.15) is 0 Å². The average molecular weight is 753 g/mol. The molecule has 2 heterocycles. The summed E-state index contributed by atoms with van der Waals surface area (Å²) in [6.45, 7) is 5.55. The molecular formula is C57H40N2. The zero-order valence-corrected chi connectivity index (χ0v) is 33.1. The van der Waals surface area contributed by atoms with Gasteiger partial charge in [0.1, 0.15) is 0 Å². The van der Waals surface area contributed by atoms with Crippen LogP contribution in [0.1, 0.15) is 36.2 Å². The predicted molar refractivity (Wildman–Crippen MR) is 248 cm³/mol. The number of pyridine rings is 1. The monoisotopic (exact) mass is 752 g/mol. The van der Waals surface area contributed by atoms with Crippen LogP contribution in [-0.4, -0.2) is 11.5 Å². The van der Waals surface area contributed by atoms with Gasteiger partial charge in [0, 0.05) is 18.2 Å². The van der Waals surface area contributed by atoms with Crippen LogP contribution in [0.5, 0.6) is 0 Å². The van der Waals surface area contributed by atoms with Crippen molar-refractivity contribution in [3.8, 4) is 66.8 Å². The van der Waals surface area contributed by atoms with Crippen LogP contribution < -0.4 is 5.32 Å². The van der Waals surface area contributed by atoms with Crippen LogP contribution in [-0.2, 0) is 5.41 Å². The number of hydrogen-bond acceptors (Lipinski definition) is 2. The SMILES string of the molecule is CC1(C)c2cc(C3=CC=C(c4ccccn4)NC3)ccc2-c2ccc(-c3ccc4c5c(cccc35)-c3c-4c(-c4ccccc4)c4ccccc4c3-c3ccccc3)cc21. The summed E-state index contributed by atoms with van der Waals surface area (Å²) in [6.07, 6.45) is 6.25. The van der Waals surface area contributed by atoms with Gasteiger partial charge in [-0.1, -0.05) is 166 Å². The van der Waals surface area contributed by atoms with Crippen molar-refractivity contribution in [2.75, 3.05) is 6.54 Å². The molecule has 59 heavy (non-hydrogen) atoms. The van der Waals surface area contributed by atoms with Crippen LogP contribution in [0.25, 0.3) is 99.6 Å². The highest BCUT2D eigenvalue weighted by atomic mass is 14.9. The van der Waals surface area contributed by atoms with E-state index in [1.165, 1.54) is 111 Å². The third-order valence-electron chi connectivity index (χ3n) is 13.1. The second-order valence-corrected chi connectivity index (χ2v) is 16.7. The smallest absolute Gasteiger partial charge is 0.0861 e. The number of hydrogen-bond donors (Lipinski definition) is 1. The number of nitrogens with one attached hydrogen (secondary N) is 1. The summed E-state index contributed by atoms with van der Waals surface area (Å²) in [5.74, 6) is 0. The Bertz CT molecular complexity index is 3170. The second-order valence-electron chi connectivity index (χ2n) is 16.7. The number of benzene rings is 8. The zero-order chi connectivity index (χ0) is 39.2. The minimum Gasteiger partial charge on any atom is -0.379 e. The molecule has 12 rings (SSSR count). The van der Waals surface area contributed by atoms with Crippen LogP contribution in [0.2, 0.25) is 0 Å². The average Bonchev–Trinajstić information content (AvgIpc) is 3.74. The molecule has 0 atom stereocenters. The molecule has 0 unspecified atom stereocenters. The molecule has 278 valence electrons. The lowest BCUT2D eigenvalue weighted by molar-refractivity contribution is 0.660. The van der Waals surface area contributed by atoms with Gasteiger partial charge in [-0.15, -0.1) is 0 Å². The Balaban J connectivity index is 1.00. The van der Waals surface area contributed by atoms with Crippen LogP contribution in [0.3, 0.4) is 0 Å². The summed E-state index contributed by atoms with van der Waals surface area (Å²) in [7, 11) is 0. The molecule has 0 radical (unpaired) electrons. The van der Waals surface area contributed by atoms with E-state index in [-0.39, 0.29) is 5.41 Å². The maximum absolute atomic E-state index is 4.54. The van der Waals surface area contributed by atoms with Crippen molar-refractivity contribution in [2.24, 2.45) is 0 Å². The van der Waals surface area contributed by atoms with Gasteiger partial charge in [-0.3, -0.25) is 4.98 Å². The van der Waals surface area contributed by atoms with E-state index in [1.807, 2.05) is 18.3 Å². The Morgan fingerprint density at radius 2 is 1.00 bits per heavy atom. The van der Waals surface area contributed by atoms with E-state index in [0.29, 0.717) is 0 Å². The second kappa shape index (κ2) is 12.9. The van der Waals surface area contributed by atoms with E-state index >= 15 is 0 Å². The van der Waals surface area contributed by atoms with Gasteiger partial charge in [0.2, 0.25) is 0 Å². The lowest BCUT2D eigenvalue weighted by Gasteiger charge is -2.24. The summed E-state index contributed by atoms with van der Waals surface area (Å²) in [6, 6.07) is 63.0. The Labute approximate surface area is 344 Å². The van der Waals surface area contributed by atoms with Gasteiger partial charge in [0.05, 0.1) is 11.4 Å². The highest BCUT2D eigenvalue weighted by molar-refractivity contribution is 6.28. The Morgan fingerprint density at radius 1 is 0.441 bits per heavy atom. The molecule has 0 saturated heterocycles. The van der Waals surface area contributed by atoms with E-state index in [0.717, 1.165) is 17.9 Å². The van der Waals surface area contributed by atoms with Crippen molar-refractivity contribution in [1.29, 1.82) is 0 Å². The van der Waals surface area contributed by atoms with Gasteiger partial charge < -0.3 is 5.32 Å². The number of fused-ring (bicyclic) bond motifs is 7. The molecule has 2 heteroatoms. The van der Waals surface area contributed by atoms with Crippen LogP contribution in [0.15, 0.2) is 188 Å². The van der Waals surface area contributed by atoms with Crippen molar-refractivity contribution in [2.45, 2.75) is 19.3 Å². The van der Waals surface area contributed by atoms with E-state index < -0.39 is 0 Å². The van der Waals surface area contributed by atoms with Crippen LogP contribution in [0, 0.1) is 0 Å². The van der Waals surface area contributed by atoms with Gasteiger partial charge >= 0.3 is 0 Å². The largest absolute Gasteiger partial charge is 0.379 e. The first-order valence-electron chi connectivity index (χ1n) is 20.7. The molecule has 8 aromatic carbocycles. The molecule has 0 fully saturated rings. The molecular weight excluding hydrogens is 713 g/mol. The fourth-order valence-corrected chi connectivity index (χ4v) is 10.4. The third kappa shape index (κ3) is 5.03. The number of dihydropyridines is 1. The molecule has 0 saturated carbocycles. The Morgan fingerprint density at radius 3 is 1.63 bits per heavy atom. The summed E-state index contributed by atoms with van der Waals surface area (Å²) >= 11 is 0. The number of aromatic nitrogens is 1. The fraction of sp³-hybridized carbons (Fsp3) is 0.0702. The molecule has 9 aromatic rings. The third-order valence-corrected chi connectivity index (χ3v) is 13.1. The van der Waals surface area contributed by atoms with E-state index in [4.69, 9.17) is 0 Å². The molecule has 0 bridgehead atoms. The van der Waals surface area contributed by atoms with Crippen molar-refractivity contribution < 1.29 is 0 Å². The molecule has 2 aliphatic carbocycles. The molecule has 1 N–H and O–H groups in total. The van der Waals surface area contributed by atoms with Gasteiger partial charge in [-0.25, -0.2) is 0 Å². The Hall–Kier alpha value is -7.29. The highest BCUT2D eigenvalue weighted by Gasteiger charge is 2.37. The van der Waals surface area contributed by atoms with Crippen molar-refractivity contribution in [3.63, 3.8) is 0 Å². The number of allylic oxidation sites excluding steroid dienone is 2. The molecule has 0 spiro atoms. The standard InChI is InChI=1S/C57H40N2/c1-57(2)48-32-37(39-25-30-51(59-34-39)50-22-11-12-31-58-50)23-26-41(48)42-27-24-38(33-49(42)57)40-28-29-47-54-43(40)20-13-21-46(54)55-52(35-14-5-3-6-15-35)44-18-9-10-19-45(44)53(56(47)55)36-16-7-4-8-17-36/h3-33,59H,34H2,1-2H3. The normalized spacial score (nSPS) is 14.3. The van der Waals surface area contributed by atoms with E-state index in [2.05, 4.69) is 194 Å². The summed E-state index contributed by atoms with van der Waals surface area (Å²) < 4.78 is 0. The summed E-state index contributed by atoms with van der Waals surface area (Å²) in [5, 5.41) is 8.81. The van der Waals surface area contributed by atoms with Crippen LogP contribution >= 0.6 is 0 Å². The first-order valence-corrected chi connectivity index (χ1v) is 20.7. The minimum absolute atomic E-state index is 0.158. The molecule has 1 aliphatic heterocycles. The molecule has 0 amide bonds. The lowest BCUT2D eigenvalue weighted by atomic mass is 9.80. The topological polar surface area (TPSA) is 24.9 Å². The minimum atomic E-state index is -0.158. The molecule has 1 aromatic heterocycles. The van der Waals surface area contributed by atoms with Crippen molar-refractivity contribution in [3.05, 3.63) is 211 Å². The lowest BCUT2D eigenvalue weighted by Crippen LogP contribution is -2.19. The Kier molecular flexibility index (Phi) is 7.37. The molecule has 2 nitrogen and oxygen atoms in total. The van der Waals surface area contributed by atoms with Crippen molar-refractivity contribution >= 4 is 32.8 Å². The molecule has 3 aliphatic rings. The number of rotatable bonds is 5. The predicted octanol–water partition coefficient (Wildman–Crippen LogP) is 14.4. The zero-order valence-electron chi connectivity index (χ0n) is 33.1. The maximum Gasteiger partial charge on any atom is 0.0861 e. The first kappa shape index (κ1) is 33.8. The quantitative estimate of drug-likeness (QED) is 0.189. The number of nitrogens with zero attached hydrogens (tertiary/aromatic N) is 1. The summed E-state index contributed by atoms with van der Waals surface area (Å²) in [4.78, 5) is 4.54. The highest BCUT2D eigenvalue weighted by Crippen LogP contribution is 2.59. The summed E-state index contributed by atoms with van der Waals surface area (Å²) in [5.41, 5.74) is 22.8. The first-order chi connectivity index (χ1) is 29.0. The van der Waals surface area contributed by atoms with Gasteiger partial charge in [-0.05, 0) is 141 Å². The maximum atomic E-state index is 4.54. The van der Waals surface area contributed by atoms with E-state index in [1.54, 1.807) is 0 Å². The fourth-order valence-electron chi connectivity index (χ4n) is 10.4.